The lowest BCUT2D eigenvalue weighted by molar-refractivity contribution is -0.130. The van der Waals surface area contributed by atoms with Gasteiger partial charge >= 0.3 is 0 Å². The molecule has 3 N–H and O–H groups in total. The van der Waals surface area contributed by atoms with E-state index in [1.807, 2.05) is 97.1 Å². The van der Waals surface area contributed by atoms with Crippen LogP contribution in [0.25, 0.3) is 0 Å². The van der Waals surface area contributed by atoms with Crippen molar-refractivity contribution in [1.29, 1.82) is 0 Å². The van der Waals surface area contributed by atoms with Crippen molar-refractivity contribution >= 4 is 27.7 Å². The lowest BCUT2D eigenvalue weighted by Crippen LogP contribution is -2.54. The summed E-state index contributed by atoms with van der Waals surface area (Å²) in [5.41, 5.74) is 8.22. The molecule has 4 aromatic carbocycles. The van der Waals surface area contributed by atoms with Crippen molar-refractivity contribution in [2.24, 2.45) is 4.99 Å². The molecule has 10 heteroatoms. The van der Waals surface area contributed by atoms with Crippen LogP contribution in [0.3, 0.4) is 0 Å². The number of aliphatic hydroxyl groups is 1. The van der Waals surface area contributed by atoms with E-state index >= 15 is 0 Å². The fourth-order valence-electron chi connectivity index (χ4n) is 5.35. The van der Waals surface area contributed by atoms with E-state index in [1.165, 1.54) is 0 Å². The lowest BCUT2D eigenvalue weighted by atomic mass is 9.82. The van der Waals surface area contributed by atoms with E-state index in [0.29, 0.717) is 55.6 Å². The smallest absolute Gasteiger partial charge is 0.266 e. The van der Waals surface area contributed by atoms with Crippen LogP contribution >= 0.6 is 15.9 Å². The summed E-state index contributed by atoms with van der Waals surface area (Å²) in [6.07, 6.45) is 0.753. The summed E-state index contributed by atoms with van der Waals surface area (Å²) in [6, 6.07) is 30.7. The number of carbonyl (C=O) groups excluding carboxylic acids is 1. The molecule has 1 amide bonds. The Morgan fingerprint density at radius 1 is 0.935 bits per heavy atom. The molecular formula is C36H38BrN3O6. The van der Waals surface area contributed by atoms with Gasteiger partial charge in [-0.15, -0.1) is 0 Å². The Hall–Kier alpha value is -4.38. The number of amides is 1. The van der Waals surface area contributed by atoms with Gasteiger partial charge in [0.2, 0.25) is 5.90 Å². The monoisotopic (exact) mass is 687 g/mol. The Balaban J connectivity index is 1.44. The van der Waals surface area contributed by atoms with Crippen LogP contribution in [0.2, 0.25) is 0 Å². The van der Waals surface area contributed by atoms with Crippen molar-refractivity contribution in [3.05, 3.63) is 124 Å². The van der Waals surface area contributed by atoms with Crippen LogP contribution in [0.15, 0.2) is 107 Å². The first-order valence-electron chi connectivity index (χ1n) is 15.1. The van der Waals surface area contributed by atoms with E-state index < -0.39 is 11.6 Å². The molecule has 9 nitrogen and oxygen atoms in total. The lowest BCUT2D eigenvalue weighted by Gasteiger charge is -2.31. The quantitative estimate of drug-likeness (QED) is 0.110. The third-order valence-corrected chi connectivity index (χ3v) is 8.44. The number of rotatable bonds is 15. The van der Waals surface area contributed by atoms with E-state index in [-0.39, 0.29) is 12.5 Å². The zero-order chi connectivity index (χ0) is 32.4. The number of aliphatic hydroxyl groups excluding tert-OH is 1. The average Bonchev–Trinajstić information content (AvgIpc) is 3.47. The summed E-state index contributed by atoms with van der Waals surface area (Å²) in [7, 11) is 3.21. The fraction of sp³-hybridized carbons (Fsp3) is 0.278. The maximum Gasteiger partial charge on any atom is 0.266 e. The molecule has 0 fully saturated rings. The van der Waals surface area contributed by atoms with Gasteiger partial charge in [0, 0.05) is 41.6 Å². The minimum absolute atomic E-state index is 0.0653. The van der Waals surface area contributed by atoms with Crippen LogP contribution in [0.5, 0.6) is 17.2 Å². The average molecular weight is 689 g/mol. The van der Waals surface area contributed by atoms with Gasteiger partial charge in [-0.25, -0.2) is 10.4 Å². The molecule has 0 aromatic heterocycles. The molecule has 1 heterocycles. The number of hydrogen-bond donors (Lipinski definition) is 3. The molecule has 240 valence electrons. The van der Waals surface area contributed by atoms with Gasteiger partial charge in [-0.2, -0.15) is 0 Å². The number of nitrogens with zero attached hydrogens (tertiary/aromatic N) is 1. The molecule has 46 heavy (non-hydrogen) atoms. The Labute approximate surface area is 277 Å². The predicted octanol–water partition coefficient (Wildman–Crippen LogP) is 5.59. The molecule has 0 aliphatic carbocycles. The van der Waals surface area contributed by atoms with Gasteiger partial charge in [-0.3, -0.25) is 10.2 Å². The van der Waals surface area contributed by atoms with Gasteiger partial charge in [0.05, 0.1) is 20.8 Å². The molecule has 0 unspecified atom stereocenters. The number of halogens is 1. The third kappa shape index (κ3) is 7.70. The van der Waals surface area contributed by atoms with Gasteiger partial charge in [0.25, 0.3) is 5.91 Å². The van der Waals surface area contributed by atoms with Crippen molar-refractivity contribution in [3.63, 3.8) is 0 Å². The SMILES string of the molecule is COc1ccc(CCNNC(=O)[C@@]2(Cc3ccccc3)N=C(c3ccc(OCCCO)cc3)O[C@H]2c2ccccc2Br)cc1OC. The van der Waals surface area contributed by atoms with E-state index in [0.717, 1.165) is 26.7 Å². The van der Waals surface area contributed by atoms with Crippen molar-refractivity contribution in [1.82, 2.24) is 10.9 Å². The third-order valence-electron chi connectivity index (χ3n) is 7.72. The van der Waals surface area contributed by atoms with Crippen molar-refractivity contribution < 1.29 is 28.8 Å². The highest BCUT2D eigenvalue weighted by atomic mass is 79.9. The van der Waals surface area contributed by atoms with Gasteiger partial charge in [-0.05, 0) is 60.0 Å². The first kappa shape index (κ1) is 33.0. The summed E-state index contributed by atoms with van der Waals surface area (Å²) < 4.78 is 23.9. The zero-order valence-corrected chi connectivity index (χ0v) is 27.5. The van der Waals surface area contributed by atoms with Gasteiger partial charge in [0.1, 0.15) is 5.75 Å². The second-order valence-electron chi connectivity index (χ2n) is 10.8. The van der Waals surface area contributed by atoms with E-state index in [4.69, 9.17) is 29.0 Å². The number of carbonyl (C=O) groups is 1. The summed E-state index contributed by atoms with van der Waals surface area (Å²) in [5.74, 6) is 2.02. The van der Waals surface area contributed by atoms with E-state index in [2.05, 4.69) is 26.8 Å². The standard InChI is InChI=1S/C36H38BrN3O6/c1-43-31-18-13-25(23-32(31)44-2)19-20-38-40-35(42)36(24-26-9-4-3-5-10-26)33(29-11-6-7-12-30(29)37)46-34(39-36)27-14-16-28(17-15-27)45-22-8-21-41/h3-7,9-18,23,33,38,41H,8,19-22,24H2,1-2H3,(H,40,42)/t33-,36-/m0/s1. The Kier molecular flexibility index (Phi) is 11.3. The minimum atomic E-state index is -1.34. The normalized spacial score (nSPS) is 17.1. The van der Waals surface area contributed by atoms with Crippen molar-refractivity contribution in [3.8, 4) is 17.2 Å². The first-order valence-corrected chi connectivity index (χ1v) is 15.9. The summed E-state index contributed by atoms with van der Waals surface area (Å²) in [4.78, 5) is 19.5. The number of aliphatic imine (C=N–C) groups is 1. The molecule has 0 bridgehead atoms. The zero-order valence-electron chi connectivity index (χ0n) is 25.9. The highest BCUT2D eigenvalue weighted by Gasteiger charge is 2.53. The number of nitrogens with one attached hydrogen (secondary N) is 2. The summed E-state index contributed by atoms with van der Waals surface area (Å²) >= 11 is 3.69. The van der Waals surface area contributed by atoms with Gasteiger partial charge < -0.3 is 24.1 Å². The molecule has 5 rings (SSSR count). The van der Waals surface area contributed by atoms with Crippen LogP contribution in [0.4, 0.5) is 0 Å². The number of benzene rings is 4. The minimum Gasteiger partial charge on any atom is -0.494 e. The van der Waals surface area contributed by atoms with E-state index in [1.54, 1.807) is 14.2 Å². The van der Waals surface area contributed by atoms with Crippen LogP contribution < -0.4 is 25.1 Å². The molecule has 1 aliphatic heterocycles. The second kappa shape index (κ2) is 15.8. The van der Waals surface area contributed by atoms with Crippen LogP contribution in [0, 0.1) is 0 Å². The van der Waals surface area contributed by atoms with Crippen molar-refractivity contribution in [2.45, 2.75) is 30.9 Å². The predicted molar refractivity (Wildman–Crippen MR) is 180 cm³/mol. The highest BCUT2D eigenvalue weighted by Crippen LogP contribution is 2.44. The topological polar surface area (TPSA) is 111 Å². The number of hydrogen-bond acceptors (Lipinski definition) is 8. The molecule has 1 aliphatic rings. The molecule has 2 atom stereocenters. The fourth-order valence-corrected chi connectivity index (χ4v) is 5.84. The van der Waals surface area contributed by atoms with Crippen molar-refractivity contribution in [2.75, 3.05) is 34.0 Å². The first-order chi connectivity index (χ1) is 22.5. The number of hydrazine groups is 1. The maximum atomic E-state index is 14.4. The van der Waals surface area contributed by atoms with Crippen LogP contribution in [0.1, 0.15) is 34.8 Å². The molecule has 0 saturated carbocycles. The van der Waals surface area contributed by atoms with Gasteiger partial charge in [0.15, 0.2) is 23.1 Å². The molecular weight excluding hydrogens is 650 g/mol. The van der Waals surface area contributed by atoms with Gasteiger partial charge in [-0.1, -0.05) is 70.5 Å². The maximum absolute atomic E-state index is 14.4. The number of ether oxygens (including phenoxy) is 4. The Morgan fingerprint density at radius 2 is 1.67 bits per heavy atom. The summed E-state index contributed by atoms with van der Waals surface area (Å²) in [5, 5.41) is 9.07. The number of methoxy groups -OCH3 is 2. The summed E-state index contributed by atoms with van der Waals surface area (Å²) in [6.45, 7) is 0.949. The molecule has 0 radical (unpaired) electrons. The van der Waals surface area contributed by atoms with Crippen LogP contribution in [-0.4, -0.2) is 56.4 Å². The Bertz CT molecular complexity index is 1630. The van der Waals surface area contributed by atoms with E-state index in [9.17, 15) is 4.79 Å². The van der Waals surface area contributed by atoms with Crippen LogP contribution in [-0.2, 0) is 22.4 Å². The second-order valence-corrected chi connectivity index (χ2v) is 11.6. The molecule has 4 aromatic rings. The molecule has 0 saturated heterocycles. The highest BCUT2D eigenvalue weighted by molar-refractivity contribution is 9.10. The largest absolute Gasteiger partial charge is 0.494 e. The molecule has 0 spiro atoms. The Morgan fingerprint density at radius 3 is 2.39 bits per heavy atom.